The molecule has 1 aliphatic rings. The monoisotopic (exact) mass is 304 g/mol. The molecule has 0 radical (unpaired) electrons. The standard InChI is InChI=1S/C15H17ClN4O/c16-13-1-3-14(4-2-13)20-10-12(8-18-20)15(21)19-6-5-11(7-17)9-19/h1-4,8,10-11H,5-7,9,17H2. The fourth-order valence-corrected chi connectivity index (χ4v) is 2.69. The predicted molar refractivity (Wildman–Crippen MR) is 81.6 cm³/mol. The minimum atomic E-state index is 0.0196. The van der Waals surface area contributed by atoms with E-state index in [9.17, 15) is 4.79 Å². The number of carbonyl (C=O) groups is 1. The van der Waals surface area contributed by atoms with Crippen LogP contribution in [0.4, 0.5) is 0 Å². The molecule has 3 rings (SSSR count). The topological polar surface area (TPSA) is 64.2 Å². The number of hydrogen-bond donors (Lipinski definition) is 1. The Balaban J connectivity index is 1.75. The smallest absolute Gasteiger partial charge is 0.257 e. The van der Waals surface area contributed by atoms with Gasteiger partial charge in [-0.05, 0) is 43.1 Å². The van der Waals surface area contributed by atoms with Crippen LogP contribution in [0.2, 0.25) is 5.02 Å². The lowest BCUT2D eigenvalue weighted by molar-refractivity contribution is 0.0787. The first-order valence-electron chi connectivity index (χ1n) is 6.97. The number of rotatable bonds is 3. The van der Waals surface area contributed by atoms with Gasteiger partial charge in [0.1, 0.15) is 0 Å². The number of aromatic nitrogens is 2. The lowest BCUT2D eigenvalue weighted by atomic mass is 10.1. The highest BCUT2D eigenvalue weighted by Gasteiger charge is 2.26. The van der Waals surface area contributed by atoms with Crippen molar-refractivity contribution >= 4 is 17.5 Å². The van der Waals surface area contributed by atoms with Crippen molar-refractivity contribution in [1.82, 2.24) is 14.7 Å². The molecule has 0 bridgehead atoms. The molecule has 21 heavy (non-hydrogen) atoms. The van der Waals surface area contributed by atoms with E-state index in [4.69, 9.17) is 17.3 Å². The van der Waals surface area contributed by atoms with Crippen LogP contribution in [-0.2, 0) is 0 Å². The highest BCUT2D eigenvalue weighted by Crippen LogP contribution is 2.18. The van der Waals surface area contributed by atoms with Crippen LogP contribution in [0.5, 0.6) is 0 Å². The summed E-state index contributed by atoms with van der Waals surface area (Å²) in [5, 5.41) is 4.92. The van der Waals surface area contributed by atoms with Crippen LogP contribution in [0.1, 0.15) is 16.8 Å². The van der Waals surface area contributed by atoms with Crippen molar-refractivity contribution in [2.75, 3.05) is 19.6 Å². The summed E-state index contributed by atoms with van der Waals surface area (Å²) in [5.41, 5.74) is 7.14. The Bertz CT molecular complexity index is 637. The molecule has 2 N–H and O–H groups in total. The van der Waals surface area contributed by atoms with Gasteiger partial charge in [-0.15, -0.1) is 0 Å². The Hall–Kier alpha value is -1.85. The van der Waals surface area contributed by atoms with Crippen molar-refractivity contribution in [3.8, 4) is 5.69 Å². The Kier molecular flexibility index (Phi) is 3.94. The Morgan fingerprint density at radius 1 is 1.38 bits per heavy atom. The van der Waals surface area contributed by atoms with Crippen LogP contribution in [0.3, 0.4) is 0 Å². The number of nitrogens with zero attached hydrogens (tertiary/aromatic N) is 3. The number of halogens is 1. The molecular formula is C15H17ClN4O. The summed E-state index contributed by atoms with van der Waals surface area (Å²) in [6.45, 7) is 2.14. The molecule has 1 atom stereocenters. The molecule has 0 spiro atoms. The van der Waals surface area contributed by atoms with Gasteiger partial charge in [0.25, 0.3) is 5.91 Å². The molecule has 6 heteroatoms. The van der Waals surface area contributed by atoms with E-state index in [1.807, 2.05) is 17.0 Å². The molecule has 2 aromatic rings. The van der Waals surface area contributed by atoms with Crippen molar-refractivity contribution in [3.05, 3.63) is 47.2 Å². The molecule has 0 saturated carbocycles. The zero-order chi connectivity index (χ0) is 14.8. The lowest BCUT2D eigenvalue weighted by Gasteiger charge is -2.14. The quantitative estimate of drug-likeness (QED) is 0.942. The van der Waals surface area contributed by atoms with Gasteiger partial charge < -0.3 is 10.6 Å². The molecule has 110 valence electrons. The first-order chi connectivity index (χ1) is 10.2. The predicted octanol–water partition coefficient (Wildman–Crippen LogP) is 1.95. The molecule has 1 saturated heterocycles. The van der Waals surface area contributed by atoms with Gasteiger partial charge >= 0.3 is 0 Å². The van der Waals surface area contributed by atoms with Crippen LogP contribution >= 0.6 is 11.6 Å². The number of nitrogens with two attached hydrogens (primary N) is 1. The minimum absolute atomic E-state index is 0.0196. The molecule has 5 nitrogen and oxygen atoms in total. The number of amides is 1. The highest BCUT2D eigenvalue weighted by molar-refractivity contribution is 6.30. The van der Waals surface area contributed by atoms with Gasteiger partial charge in [-0.3, -0.25) is 4.79 Å². The summed E-state index contributed by atoms with van der Waals surface area (Å²) in [4.78, 5) is 14.3. The second kappa shape index (κ2) is 5.87. The van der Waals surface area contributed by atoms with Crippen LogP contribution in [0, 0.1) is 5.92 Å². The third kappa shape index (κ3) is 2.94. The number of benzene rings is 1. The van der Waals surface area contributed by atoms with E-state index in [2.05, 4.69) is 5.10 Å². The Morgan fingerprint density at radius 3 is 2.81 bits per heavy atom. The van der Waals surface area contributed by atoms with Crippen molar-refractivity contribution in [3.63, 3.8) is 0 Å². The number of hydrogen-bond acceptors (Lipinski definition) is 3. The third-order valence-corrected chi connectivity index (χ3v) is 4.08. The van der Waals surface area contributed by atoms with E-state index in [-0.39, 0.29) is 5.91 Å². The fraction of sp³-hybridized carbons (Fsp3) is 0.333. The molecule has 1 unspecified atom stereocenters. The van der Waals surface area contributed by atoms with Gasteiger partial charge in [0.2, 0.25) is 0 Å². The zero-order valence-electron chi connectivity index (χ0n) is 11.6. The second-order valence-corrected chi connectivity index (χ2v) is 5.73. The average molecular weight is 305 g/mol. The number of likely N-dealkylation sites (tertiary alicyclic amines) is 1. The van der Waals surface area contributed by atoms with Crippen molar-refractivity contribution in [1.29, 1.82) is 0 Å². The molecule has 1 fully saturated rings. The maximum atomic E-state index is 12.4. The van der Waals surface area contributed by atoms with E-state index in [0.717, 1.165) is 25.2 Å². The fourth-order valence-electron chi connectivity index (χ4n) is 2.56. The largest absolute Gasteiger partial charge is 0.338 e. The van der Waals surface area contributed by atoms with Crippen LogP contribution < -0.4 is 5.73 Å². The van der Waals surface area contributed by atoms with Gasteiger partial charge in [0.15, 0.2) is 0 Å². The van der Waals surface area contributed by atoms with Gasteiger partial charge in [-0.2, -0.15) is 5.10 Å². The molecular weight excluding hydrogens is 288 g/mol. The molecule has 0 aliphatic carbocycles. The maximum Gasteiger partial charge on any atom is 0.257 e. The maximum absolute atomic E-state index is 12.4. The van der Waals surface area contributed by atoms with Crippen LogP contribution in [-0.4, -0.2) is 40.2 Å². The van der Waals surface area contributed by atoms with E-state index in [1.54, 1.807) is 29.2 Å². The minimum Gasteiger partial charge on any atom is -0.338 e. The molecule has 1 amide bonds. The number of carbonyl (C=O) groups excluding carboxylic acids is 1. The summed E-state index contributed by atoms with van der Waals surface area (Å²) in [7, 11) is 0. The van der Waals surface area contributed by atoms with Crippen molar-refractivity contribution in [2.45, 2.75) is 6.42 Å². The van der Waals surface area contributed by atoms with Crippen LogP contribution in [0.15, 0.2) is 36.7 Å². The normalized spacial score (nSPS) is 18.2. The van der Waals surface area contributed by atoms with E-state index >= 15 is 0 Å². The molecule has 1 aromatic heterocycles. The van der Waals surface area contributed by atoms with Gasteiger partial charge in [0.05, 0.1) is 17.4 Å². The molecule has 1 aromatic carbocycles. The average Bonchev–Trinajstić information content (AvgIpc) is 3.16. The molecule has 1 aliphatic heterocycles. The van der Waals surface area contributed by atoms with E-state index in [0.29, 0.717) is 23.0 Å². The highest BCUT2D eigenvalue weighted by atomic mass is 35.5. The second-order valence-electron chi connectivity index (χ2n) is 5.29. The van der Waals surface area contributed by atoms with Crippen LogP contribution in [0.25, 0.3) is 5.69 Å². The lowest BCUT2D eigenvalue weighted by Crippen LogP contribution is -2.29. The van der Waals surface area contributed by atoms with E-state index in [1.165, 1.54) is 0 Å². The van der Waals surface area contributed by atoms with Crippen molar-refractivity contribution < 1.29 is 4.79 Å². The Morgan fingerprint density at radius 2 is 2.14 bits per heavy atom. The third-order valence-electron chi connectivity index (χ3n) is 3.83. The first-order valence-corrected chi connectivity index (χ1v) is 7.35. The van der Waals surface area contributed by atoms with Crippen molar-refractivity contribution in [2.24, 2.45) is 11.7 Å². The summed E-state index contributed by atoms with van der Waals surface area (Å²) >= 11 is 5.87. The zero-order valence-corrected chi connectivity index (χ0v) is 12.3. The summed E-state index contributed by atoms with van der Waals surface area (Å²) in [6, 6.07) is 7.33. The first kappa shape index (κ1) is 14.1. The summed E-state index contributed by atoms with van der Waals surface area (Å²) in [5.74, 6) is 0.437. The van der Waals surface area contributed by atoms with E-state index < -0.39 is 0 Å². The van der Waals surface area contributed by atoms with Gasteiger partial charge in [0, 0.05) is 24.3 Å². The summed E-state index contributed by atoms with van der Waals surface area (Å²) in [6.07, 6.45) is 4.33. The molecule has 2 heterocycles. The Labute approximate surface area is 128 Å². The SMILES string of the molecule is NCC1CCN(C(=O)c2cnn(-c3ccc(Cl)cc3)c2)C1. The summed E-state index contributed by atoms with van der Waals surface area (Å²) < 4.78 is 1.68. The van der Waals surface area contributed by atoms with Gasteiger partial charge in [-0.25, -0.2) is 4.68 Å². The van der Waals surface area contributed by atoms with Gasteiger partial charge in [-0.1, -0.05) is 11.6 Å².